The molecule has 2 N–H and O–H groups in total. The number of methoxy groups -OCH3 is 1. The first-order valence-electron chi connectivity index (χ1n) is 8.14. The Labute approximate surface area is 155 Å². The zero-order valence-corrected chi connectivity index (χ0v) is 14.8. The molecule has 0 atom stereocenters. The Morgan fingerprint density at radius 3 is 2.56 bits per heavy atom. The molecule has 2 aromatic carbocycles. The van der Waals surface area contributed by atoms with Gasteiger partial charge in [0.25, 0.3) is 0 Å². The van der Waals surface area contributed by atoms with Gasteiger partial charge in [-0.05, 0) is 53.2 Å². The summed E-state index contributed by atoms with van der Waals surface area (Å²) in [7, 11) is 1.58. The number of aromatic nitrogens is 4. The SMILES string of the molecule is COc1ccc(CNC(=O)C(=O)Nc2cccc(-n3nnnc3C)c2)cc1. The molecule has 3 rings (SSSR count). The fourth-order valence-electron chi connectivity index (χ4n) is 2.38. The van der Waals surface area contributed by atoms with Gasteiger partial charge in [0, 0.05) is 12.2 Å². The van der Waals surface area contributed by atoms with Crippen molar-refractivity contribution in [1.29, 1.82) is 0 Å². The van der Waals surface area contributed by atoms with Gasteiger partial charge < -0.3 is 15.4 Å². The summed E-state index contributed by atoms with van der Waals surface area (Å²) in [6.07, 6.45) is 0. The van der Waals surface area contributed by atoms with Crippen LogP contribution >= 0.6 is 0 Å². The summed E-state index contributed by atoms with van der Waals surface area (Å²) in [4.78, 5) is 24.1. The highest BCUT2D eigenvalue weighted by Gasteiger charge is 2.14. The normalized spacial score (nSPS) is 10.3. The Morgan fingerprint density at radius 2 is 1.89 bits per heavy atom. The fraction of sp³-hybridized carbons (Fsp3) is 0.167. The van der Waals surface area contributed by atoms with Crippen LogP contribution in [-0.2, 0) is 16.1 Å². The third kappa shape index (κ3) is 4.46. The van der Waals surface area contributed by atoms with Crippen molar-refractivity contribution in [2.24, 2.45) is 0 Å². The molecule has 0 fully saturated rings. The van der Waals surface area contributed by atoms with Crippen molar-refractivity contribution < 1.29 is 14.3 Å². The smallest absolute Gasteiger partial charge is 0.313 e. The van der Waals surface area contributed by atoms with Gasteiger partial charge in [-0.15, -0.1) is 5.10 Å². The maximum Gasteiger partial charge on any atom is 0.313 e. The Bertz CT molecular complexity index is 952. The minimum Gasteiger partial charge on any atom is -0.497 e. The second-order valence-corrected chi connectivity index (χ2v) is 5.67. The average Bonchev–Trinajstić information content (AvgIpc) is 3.12. The maximum absolute atomic E-state index is 12.1. The monoisotopic (exact) mass is 366 g/mol. The molecule has 1 aromatic heterocycles. The molecule has 0 radical (unpaired) electrons. The Hall–Kier alpha value is -3.75. The molecule has 9 nitrogen and oxygen atoms in total. The zero-order chi connectivity index (χ0) is 19.2. The lowest BCUT2D eigenvalue weighted by Crippen LogP contribution is -2.34. The van der Waals surface area contributed by atoms with Crippen molar-refractivity contribution in [1.82, 2.24) is 25.5 Å². The second kappa shape index (κ2) is 8.09. The number of nitrogens with one attached hydrogen (secondary N) is 2. The molecule has 2 amide bonds. The van der Waals surface area contributed by atoms with Gasteiger partial charge >= 0.3 is 11.8 Å². The minimum absolute atomic E-state index is 0.236. The lowest BCUT2D eigenvalue weighted by Gasteiger charge is -2.09. The van der Waals surface area contributed by atoms with E-state index in [9.17, 15) is 9.59 Å². The number of carbonyl (C=O) groups excluding carboxylic acids is 2. The summed E-state index contributed by atoms with van der Waals surface area (Å²) in [5.41, 5.74) is 1.99. The van der Waals surface area contributed by atoms with Gasteiger partial charge in [-0.3, -0.25) is 9.59 Å². The number of aryl methyl sites for hydroxylation is 1. The van der Waals surface area contributed by atoms with Crippen LogP contribution in [0.5, 0.6) is 5.75 Å². The molecule has 0 aliphatic carbocycles. The third-order valence-electron chi connectivity index (χ3n) is 3.79. The van der Waals surface area contributed by atoms with Gasteiger partial charge in [-0.25, -0.2) is 0 Å². The predicted molar refractivity (Wildman–Crippen MR) is 97.4 cm³/mol. The number of tetrazole rings is 1. The van der Waals surface area contributed by atoms with Crippen molar-refractivity contribution in [3.05, 3.63) is 59.9 Å². The number of carbonyl (C=O) groups is 2. The summed E-state index contributed by atoms with van der Waals surface area (Å²) in [6.45, 7) is 2.00. The highest BCUT2D eigenvalue weighted by atomic mass is 16.5. The van der Waals surface area contributed by atoms with Crippen molar-refractivity contribution in [2.45, 2.75) is 13.5 Å². The molecule has 138 valence electrons. The summed E-state index contributed by atoms with van der Waals surface area (Å²) in [5, 5.41) is 16.4. The van der Waals surface area contributed by atoms with Crippen molar-refractivity contribution in [3.8, 4) is 11.4 Å². The highest BCUT2D eigenvalue weighted by molar-refractivity contribution is 6.39. The molecule has 9 heteroatoms. The number of amides is 2. The molecule has 27 heavy (non-hydrogen) atoms. The first kappa shape index (κ1) is 18.1. The largest absolute Gasteiger partial charge is 0.497 e. The second-order valence-electron chi connectivity index (χ2n) is 5.67. The van der Waals surface area contributed by atoms with Crippen LogP contribution < -0.4 is 15.4 Å². The lowest BCUT2D eigenvalue weighted by atomic mass is 10.2. The van der Waals surface area contributed by atoms with E-state index < -0.39 is 11.8 Å². The molecular formula is C18H18N6O3. The van der Waals surface area contributed by atoms with E-state index in [4.69, 9.17) is 4.74 Å². The molecule has 0 unspecified atom stereocenters. The summed E-state index contributed by atoms with van der Waals surface area (Å²) in [5.74, 6) is -0.153. The van der Waals surface area contributed by atoms with E-state index in [2.05, 4.69) is 26.2 Å². The highest BCUT2D eigenvalue weighted by Crippen LogP contribution is 2.15. The molecule has 0 saturated carbocycles. The summed E-state index contributed by atoms with van der Waals surface area (Å²) < 4.78 is 6.60. The van der Waals surface area contributed by atoms with Crippen molar-refractivity contribution in [3.63, 3.8) is 0 Å². The zero-order valence-electron chi connectivity index (χ0n) is 14.8. The van der Waals surface area contributed by atoms with Gasteiger partial charge in [0.15, 0.2) is 5.82 Å². The fourth-order valence-corrected chi connectivity index (χ4v) is 2.38. The number of ether oxygens (including phenoxy) is 1. The van der Waals surface area contributed by atoms with Crippen LogP contribution in [0.1, 0.15) is 11.4 Å². The average molecular weight is 366 g/mol. The van der Waals surface area contributed by atoms with Crippen molar-refractivity contribution >= 4 is 17.5 Å². The van der Waals surface area contributed by atoms with Gasteiger partial charge in [-0.1, -0.05) is 18.2 Å². The topological polar surface area (TPSA) is 111 Å². The van der Waals surface area contributed by atoms with E-state index in [0.29, 0.717) is 17.2 Å². The molecule has 0 saturated heterocycles. The Balaban J connectivity index is 1.59. The molecule has 0 spiro atoms. The quantitative estimate of drug-likeness (QED) is 0.657. The molecule has 0 aliphatic heterocycles. The van der Waals surface area contributed by atoms with Crippen LogP contribution in [0.3, 0.4) is 0 Å². The molecule has 0 bridgehead atoms. The van der Waals surface area contributed by atoms with Gasteiger partial charge in [0.1, 0.15) is 5.75 Å². The standard InChI is InChI=1S/C18H18N6O3/c1-12-21-22-23-24(12)15-5-3-4-14(10-15)20-18(26)17(25)19-11-13-6-8-16(27-2)9-7-13/h3-10H,11H2,1-2H3,(H,19,25)(H,20,26). The van der Waals surface area contributed by atoms with E-state index in [1.807, 2.05) is 12.1 Å². The van der Waals surface area contributed by atoms with Gasteiger partial charge in [-0.2, -0.15) is 4.68 Å². The number of nitrogens with zero attached hydrogens (tertiary/aromatic N) is 4. The number of hydrogen-bond acceptors (Lipinski definition) is 6. The van der Waals surface area contributed by atoms with Crippen LogP contribution in [-0.4, -0.2) is 39.1 Å². The van der Waals surface area contributed by atoms with Crippen LogP contribution in [0.2, 0.25) is 0 Å². The number of benzene rings is 2. The van der Waals surface area contributed by atoms with Crippen LogP contribution in [0.25, 0.3) is 5.69 Å². The number of rotatable bonds is 5. The third-order valence-corrected chi connectivity index (χ3v) is 3.79. The van der Waals surface area contributed by atoms with E-state index >= 15 is 0 Å². The lowest BCUT2D eigenvalue weighted by molar-refractivity contribution is -0.136. The first-order valence-corrected chi connectivity index (χ1v) is 8.14. The molecule has 0 aliphatic rings. The Kier molecular flexibility index (Phi) is 5.41. The molecule has 3 aromatic rings. The van der Waals surface area contributed by atoms with Crippen LogP contribution in [0.15, 0.2) is 48.5 Å². The minimum atomic E-state index is -0.755. The summed E-state index contributed by atoms with van der Waals surface area (Å²) >= 11 is 0. The molecular weight excluding hydrogens is 348 g/mol. The van der Waals surface area contributed by atoms with Gasteiger partial charge in [0.2, 0.25) is 0 Å². The number of anilines is 1. The van der Waals surface area contributed by atoms with Gasteiger partial charge in [0.05, 0.1) is 12.8 Å². The number of hydrogen-bond donors (Lipinski definition) is 2. The van der Waals surface area contributed by atoms with E-state index in [1.54, 1.807) is 50.4 Å². The Morgan fingerprint density at radius 1 is 1.11 bits per heavy atom. The van der Waals surface area contributed by atoms with Crippen molar-refractivity contribution in [2.75, 3.05) is 12.4 Å². The van der Waals surface area contributed by atoms with Crippen LogP contribution in [0, 0.1) is 6.92 Å². The maximum atomic E-state index is 12.1. The van der Waals surface area contributed by atoms with E-state index in [-0.39, 0.29) is 6.54 Å². The van der Waals surface area contributed by atoms with Crippen LogP contribution in [0.4, 0.5) is 5.69 Å². The van der Waals surface area contributed by atoms with E-state index in [1.165, 1.54) is 4.68 Å². The van der Waals surface area contributed by atoms with E-state index in [0.717, 1.165) is 11.3 Å². The molecule has 1 heterocycles. The predicted octanol–water partition coefficient (Wildman–Crippen LogP) is 1.23. The first-order chi connectivity index (χ1) is 13.1. The summed E-state index contributed by atoms with van der Waals surface area (Å²) in [6, 6.07) is 14.1.